The molecular weight excluding hydrogens is 411 g/mol. The lowest BCUT2D eigenvalue weighted by Crippen LogP contribution is -2.29. The lowest BCUT2D eigenvalue weighted by molar-refractivity contribution is -0.132. The maximum absolute atomic E-state index is 13.5. The van der Waals surface area contributed by atoms with Crippen molar-refractivity contribution in [2.24, 2.45) is 0 Å². The highest BCUT2D eigenvalue weighted by molar-refractivity contribution is 6.51. The van der Waals surface area contributed by atoms with Crippen molar-refractivity contribution < 1.29 is 23.8 Å². The molecule has 2 aromatic carbocycles. The Kier molecular flexibility index (Phi) is 5.73. The number of ketones is 1. The number of hydrogen-bond donors (Lipinski definition) is 1. The Morgan fingerprint density at radius 2 is 1.91 bits per heavy atom. The van der Waals surface area contributed by atoms with E-state index in [-0.39, 0.29) is 11.3 Å². The van der Waals surface area contributed by atoms with Gasteiger partial charge in [-0.05, 0) is 73.5 Å². The number of carbonyl (C=O) groups excluding carboxylic acids is 2. The fraction of sp³-hybridized carbons (Fsp3) is 0.160. The van der Waals surface area contributed by atoms with Crippen molar-refractivity contribution in [3.8, 4) is 5.75 Å². The van der Waals surface area contributed by atoms with Crippen LogP contribution in [-0.2, 0) is 9.59 Å². The summed E-state index contributed by atoms with van der Waals surface area (Å²) in [6.45, 7) is 4.20. The number of anilines is 1. The zero-order chi connectivity index (χ0) is 22.8. The van der Waals surface area contributed by atoms with Crippen molar-refractivity contribution in [3.05, 3.63) is 95.1 Å². The van der Waals surface area contributed by atoms with Crippen LogP contribution in [0.1, 0.15) is 29.7 Å². The smallest absolute Gasteiger partial charge is 0.300 e. The summed E-state index contributed by atoms with van der Waals surface area (Å²) in [6, 6.07) is 12.8. The first kappa shape index (κ1) is 21.2. The maximum atomic E-state index is 13.5. The molecule has 3 aromatic rings. The highest BCUT2D eigenvalue weighted by Gasteiger charge is 2.47. The fourth-order valence-electron chi connectivity index (χ4n) is 3.82. The summed E-state index contributed by atoms with van der Waals surface area (Å²) < 4.78 is 19.0. The second-order valence-electron chi connectivity index (χ2n) is 7.35. The van der Waals surface area contributed by atoms with Gasteiger partial charge in [-0.15, -0.1) is 0 Å². The molecule has 1 fully saturated rings. The van der Waals surface area contributed by atoms with E-state index in [0.717, 1.165) is 5.56 Å². The summed E-state index contributed by atoms with van der Waals surface area (Å²) in [5, 5.41) is 11.2. The minimum Gasteiger partial charge on any atom is -0.507 e. The number of carbonyl (C=O) groups is 2. The Bertz CT molecular complexity index is 1210. The third kappa shape index (κ3) is 3.73. The third-order valence-electron chi connectivity index (χ3n) is 5.30. The molecule has 2 heterocycles. The number of ether oxygens (including phenoxy) is 1. The predicted molar refractivity (Wildman–Crippen MR) is 118 cm³/mol. The second kappa shape index (κ2) is 8.63. The van der Waals surface area contributed by atoms with Crippen LogP contribution < -0.4 is 9.64 Å². The van der Waals surface area contributed by atoms with Crippen molar-refractivity contribution in [2.45, 2.75) is 19.9 Å². The molecule has 1 aromatic heterocycles. The van der Waals surface area contributed by atoms with Gasteiger partial charge in [-0.1, -0.05) is 6.07 Å². The van der Waals surface area contributed by atoms with Gasteiger partial charge >= 0.3 is 0 Å². The monoisotopic (exact) mass is 432 g/mol. The Hall–Kier alpha value is -4.00. The first-order valence-electron chi connectivity index (χ1n) is 10.1. The topological polar surface area (TPSA) is 79.7 Å². The lowest BCUT2D eigenvalue weighted by atomic mass is 9.95. The average Bonchev–Trinajstić information content (AvgIpc) is 3.06. The molecule has 0 bridgehead atoms. The second-order valence-corrected chi connectivity index (χ2v) is 7.35. The molecular formula is C25H21FN2O4. The molecule has 0 saturated carbocycles. The van der Waals surface area contributed by atoms with Gasteiger partial charge in [0, 0.05) is 23.6 Å². The summed E-state index contributed by atoms with van der Waals surface area (Å²) in [7, 11) is 0. The van der Waals surface area contributed by atoms with Crippen molar-refractivity contribution in [2.75, 3.05) is 11.5 Å². The number of pyridine rings is 1. The molecule has 1 unspecified atom stereocenters. The van der Waals surface area contributed by atoms with Gasteiger partial charge < -0.3 is 9.84 Å². The Morgan fingerprint density at radius 3 is 2.53 bits per heavy atom. The van der Waals surface area contributed by atoms with Gasteiger partial charge in [0.15, 0.2) is 0 Å². The summed E-state index contributed by atoms with van der Waals surface area (Å²) in [4.78, 5) is 31.5. The Morgan fingerprint density at radius 1 is 1.16 bits per heavy atom. The third-order valence-corrected chi connectivity index (χ3v) is 5.30. The van der Waals surface area contributed by atoms with E-state index in [1.165, 1.54) is 35.4 Å². The molecule has 1 aliphatic rings. The van der Waals surface area contributed by atoms with Crippen molar-refractivity contribution in [1.29, 1.82) is 0 Å². The molecule has 0 aliphatic carbocycles. The van der Waals surface area contributed by atoms with E-state index < -0.39 is 23.5 Å². The highest BCUT2D eigenvalue weighted by atomic mass is 19.1. The largest absolute Gasteiger partial charge is 0.507 e. The zero-order valence-corrected chi connectivity index (χ0v) is 17.6. The number of halogens is 1. The maximum Gasteiger partial charge on any atom is 0.300 e. The Balaban J connectivity index is 1.89. The number of hydrogen-bond acceptors (Lipinski definition) is 5. The minimum atomic E-state index is -0.916. The van der Waals surface area contributed by atoms with E-state index in [0.29, 0.717) is 29.2 Å². The van der Waals surface area contributed by atoms with E-state index in [1.54, 1.807) is 36.5 Å². The SMILES string of the molecule is CCOc1ccc(/C(O)=C2/C(=O)C(=O)N(c3ccc(F)cc3)C2c2cccnc2)cc1C. The standard InChI is InChI=1S/C25H21FN2O4/c1-3-32-20-11-6-16(13-15(20)2)23(29)21-22(17-5-4-12-27-14-17)28(25(31)24(21)30)19-9-7-18(26)8-10-19/h4-14,22,29H,3H2,1-2H3/b23-21-. The van der Waals surface area contributed by atoms with E-state index >= 15 is 0 Å². The molecule has 0 spiro atoms. The average molecular weight is 432 g/mol. The van der Waals surface area contributed by atoms with E-state index in [4.69, 9.17) is 4.74 Å². The van der Waals surface area contributed by atoms with Crippen LogP contribution in [-0.4, -0.2) is 28.4 Å². The van der Waals surface area contributed by atoms with Crippen molar-refractivity contribution in [1.82, 2.24) is 4.98 Å². The van der Waals surface area contributed by atoms with Gasteiger partial charge in [0.05, 0.1) is 18.2 Å². The molecule has 0 radical (unpaired) electrons. The van der Waals surface area contributed by atoms with Gasteiger partial charge in [0.1, 0.15) is 17.3 Å². The van der Waals surface area contributed by atoms with Crippen LogP contribution in [0, 0.1) is 12.7 Å². The predicted octanol–water partition coefficient (Wildman–Crippen LogP) is 4.55. The molecule has 32 heavy (non-hydrogen) atoms. The van der Waals surface area contributed by atoms with E-state index in [9.17, 15) is 19.1 Å². The molecule has 162 valence electrons. The minimum absolute atomic E-state index is 0.0594. The molecule has 1 saturated heterocycles. The summed E-state index contributed by atoms with van der Waals surface area (Å²) in [5.74, 6) is -1.73. The number of rotatable bonds is 5. The Labute approximate surface area is 184 Å². The van der Waals surface area contributed by atoms with Crippen molar-refractivity contribution in [3.63, 3.8) is 0 Å². The molecule has 1 atom stereocenters. The molecule has 4 rings (SSSR count). The summed E-state index contributed by atoms with van der Waals surface area (Å²) in [6.07, 6.45) is 3.10. The number of aromatic nitrogens is 1. The molecule has 1 aliphatic heterocycles. The van der Waals surface area contributed by atoms with E-state index in [2.05, 4.69) is 4.98 Å². The van der Waals surface area contributed by atoms with E-state index in [1.807, 2.05) is 13.8 Å². The number of nitrogens with zero attached hydrogens (tertiary/aromatic N) is 2. The molecule has 6 nitrogen and oxygen atoms in total. The van der Waals surface area contributed by atoms with Gasteiger partial charge in [0.2, 0.25) is 0 Å². The van der Waals surface area contributed by atoms with Gasteiger partial charge in [-0.25, -0.2) is 4.39 Å². The van der Waals surface area contributed by atoms with Crippen LogP contribution in [0.4, 0.5) is 10.1 Å². The number of aliphatic hydroxyl groups excluding tert-OH is 1. The number of aryl methyl sites for hydroxylation is 1. The first-order chi connectivity index (χ1) is 15.4. The van der Waals surface area contributed by atoms with Crippen LogP contribution in [0.2, 0.25) is 0 Å². The molecule has 7 heteroatoms. The normalized spacial score (nSPS) is 17.6. The number of Topliss-reactive ketones (excluding diaryl/α,β-unsaturated/α-hetero) is 1. The fourth-order valence-corrected chi connectivity index (χ4v) is 3.82. The number of amides is 1. The highest BCUT2D eigenvalue weighted by Crippen LogP contribution is 2.42. The zero-order valence-electron chi connectivity index (χ0n) is 17.6. The first-order valence-corrected chi connectivity index (χ1v) is 10.1. The summed E-state index contributed by atoms with van der Waals surface area (Å²) in [5.41, 5.74) is 1.99. The number of aliphatic hydroxyl groups is 1. The lowest BCUT2D eigenvalue weighted by Gasteiger charge is -2.25. The van der Waals surface area contributed by atoms with Crippen molar-refractivity contribution >= 4 is 23.1 Å². The summed E-state index contributed by atoms with van der Waals surface area (Å²) >= 11 is 0. The molecule has 1 N–H and O–H groups in total. The van der Waals surface area contributed by atoms with Crippen LogP contribution >= 0.6 is 0 Å². The van der Waals surface area contributed by atoms with Gasteiger partial charge in [-0.2, -0.15) is 0 Å². The van der Waals surface area contributed by atoms with Crippen LogP contribution in [0.3, 0.4) is 0 Å². The van der Waals surface area contributed by atoms with Crippen LogP contribution in [0.25, 0.3) is 5.76 Å². The van der Waals surface area contributed by atoms with Crippen LogP contribution in [0.5, 0.6) is 5.75 Å². The van der Waals surface area contributed by atoms with Gasteiger partial charge in [0.25, 0.3) is 11.7 Å². The quantitative estimate of drug-likeness (QED) is 0.363. The van der Waals surface area contributed by atoms with Gasteiger partial charge in [-0.3, -0.25) is 19.5 Å². The molecule has 1 amide bonds. The number of benzene rings is 2. The van der Waals surface area contributed by atoms with Crippen LogP contribution in [0.15, 0.2) is 72.6 Å².